The zero-order chi connectivity index (χ0) is 12.4. The zero-order valence-electron chi connectivity index (χ0n) is 11.0. The largest absolute Gasteiger partial charge is 0.486 e. The Balaban J connectivity index is 1.80. The number of benzene rings is 1. The second-order valence-corrected chi connectivity index (χ2v) is 5.28. The Kier molecular flexibility index (Phi) is 3.27. The summed E-state index contributed by atoms with van der Waals surface area (Å²) < 4.78 is 12.3. The summed E-state index contributed by atoms with van der Waals surface area (Å²) in [5.74, 6) is 0.952. The number of rotatable bonds is 2. The van der Waals surface area contributed by atoms with Gasteiger partial charge in [-0.05, 0) is 44.9 Å². The van der Waals surface area contributed by atoms with Gasteiger partial charge in [0, 0.05) is 6.54 Å². The van der Waals surface area contributed by atoms with Crippen molar-refractivity contribution in [3.8, 4) is 5.75 Å². The Morgan fingerprint density at radius 2 is 2.11 bits per heavy atom. The van der Waals surface area contributed by atoms with Gasteiger partial charge in [-0.3, -0.25) is 4.90 Å². The molecule has 0 N–H and O–H groups in total. The number of hydrogen-bond donors (Lipinski definition) is 0. The minimum atomic E-state index is -0.186. The van der Waals surface area contributed by atoms with Crippen LogP contribution in [-0.2, 0) is 4.74 Å². The lowest BCUT2D eigenvalue weighted by Gasteiger charge is -2.44. The second-order valence-electron chi connectivity index (χ2n) is 5.28. The lowest BCUT2D eigenvalue weighted by molar-refractivity contribution is -0.162. The maximum Gasteiger partial charge on any atom is 0.158 e. The van der Waals surface area contributed by atoms with Crippen LogP contribution in [0.15, 0.2) is 30.3 Å². The summed E-state index contributed by atoms with van der Waals surface area (Å²) in [4.78, 5) is 2.33. The minimum Gasteiger partial charge on any atom is -0.486 e. The molecule has 2 unspecified atom stereocenters. The van der Waals surface area contributed by atoms with Crippen LogP contribution in [0.4, 0.5) is 0 Å². The summed E-state index contributed by atoms with van der Waals surface area (Å²) in [6.07, 6.45) is 4.79. The van der Waals surface area contributed by atoms with Crippen LogP contribution in [-0.4, -0.2) is 36.9 Å². The monoisotopic (exact) mass is 247 g/mol. The van der Waals surface area contributed by atoms with Crippen molar-refractivity contribution >= 4 is 0 Å². The van der Waals surface area contributed by atoms with Crippen molar-refractivity contribution in [2.75, 3.05) is 20.2 Å². The van der Waals surface area contributed by atoms with E-state index in [0.717, 1.165) is 31.7 Å². The molecule has 1 aromatic carbocycles. The highest BCUT2D eigenvalue weighted by Crippen LogP contribution is 2.39. The summed E-state index contributed by atoms with van der Waals surface area (Å²) in [6.45, 7) is 1.83. The van der Waals surface area contributed by atoms with Crippen LogP contribution in [0, 0.1) is 0 Å². The Hall–Kier alpha value is -1.06. The summed E-state index contributed by atoms with van der Waals surface area (Å²) in [6, 6.07) is 10.1. The molecular weight excluding hydrogens is 226 g/mol. The normalized spacial score (nSPS) is 32.8. The Morgan fingerprint density at radius 3 is 2.83 bits per heavy atom. The third-order valence-corrected chi connectivity index (χ3v) is 4.20. The van der Waals surface area contributed by atoms with E-state index in [1.165, 1.54) is 12.8 Å². The molecule has 1 saturated carbocycles. The van der Waals surface area contributed by atoms with Crippen LogP contribution in [0.3, 0.4) is 0 Å². The van der Waals surface area contributed by atoms with Crippen molar-refractivity contribution in [2.24, 2.45) is 0 Å². The first-order chi connectivity index (χ1) is 8.81. The number of ether oxygens (including phenoxy) is 2. The summed E-state index contributed by atoms with van der Waals surface area (Å²) in [5.41, 5.74) is -0.186. The van der Waals surface area contributed by atoms with Crippen LogP contribution in [0.5, 0.6) is 5.75 Å². The first-order valence-corrected chi connectivity index (χ1v) is 6.88. The standard InChI is InChI=1S/C15H21NO2/c1-16-11-12-17-15(16)10-6-5-9-14(15)18-13-7-3-2-4-8-13/h2-4,7-8,14H,5-6,9-12H2,1H3. The third kappa shape index (κ3) is 2.02. The minimum absolute atomic E-state index is 0.154. The van der Waals surface area contributed by atoms with E-state index >= 15 is 0 Å². The van der Waals surface area contributed by atoms with Crippen LogP contribution in [0.1, 0.15) is 25.7 Å². The fourth-order valence-electron chi connectivity index (χ4n) is 3.17. The molecule has 3 rings (SSSR count). The van der Waals surface area contributed by atoms with Gasteiger partial charge in [0.25, 0.3) is 0 Å². The van der Waals surface area contributed by atoms with Gasteiger partial charge < -0.3 is 9.47 Å². The Bertz CT molecular complexity index is 395. The molecule has 3 heteroatoms. The average Bonchev–Trinajstić information content (AvgIpc) is 2.76. The van der Waals surface area contributed by atoms with E-state index < -0.39 is 0 Å². The van der Waals surface area contributed by atoms with Crippen LogP contribution in [0.2, 0.25) is 0 Å². The van der Waals surface area contributed by atoms with Crippen LogP contribution < -0.4 is 4.74 Å². The Morgan fingerprint density at radius 1 is 1.28 bits per heavy atom. The second kappa shape index (κ2) is 4.90. The molecule has 3 nitrogen and oxygen atoms in total. The number of para-hydroxylation sites is 1. The van der Waals surface area contributed by atoms with Gasteiger partial charge in [-0.15, -0.1) is 0 Å². The summed E-state index contributed by atoms with van der Waals surface area (Å²) in [5, 5.41) is 0. The smallest absolute Gasteiger partial charge is 0.158 e. The lowest BCUT2D eigenvalue weighted by Crippen LogP contribution is -2.56. The van der Waals surface area contributed by atoms with E-state index in [1.54, 1.807) is 0 Å². The quantitative estimate of drug-likeness (QED) is 0.802. The van der Waals surface area contributed by atoms with E-state index in [-0.39, 0.29) is 11.8 Å². The van der Waals surface area contributed by atoms with Crippen LogP contribution in [0.25, 0.3) is 0 Å². The number of hydrogen-bond acceptors (Lipinski definition) is 3. The van der Waals surface area contributed by atoms with Crippen molar-refractivity contribution in [3.05, 3.63) is 30.3 Å². The van der Waals surface area contributed by atoms with E-state index in [4.69, 9.17) is 9.47 Å². The van der Waals surface area contributed by atoms with Gasteiger partial charge in [-0.1, -0.05) is 18.2 Å². The molecule has 1 aromatic rings. The first-order valence-electron chi connectivity index (χ1n) is 6.88. The predicted molar refractivity (Wildman–Crippen MR) is 70.6 cm³/mol. The van der Waals surface area contributed by atoms with Crippen molar-refractivity contribution in [1.82, 2.24) is 4.90 Å². The highest BCUT2D eigenvalue weighted by atomic mass is 16.6. The lowest BCUT2D eigenvalue weighted by atomic mass is 9.88. The number of likely N-dealkylation sites (N-methyl/N-ethyl adjacent to an activating group) is 1. The van der Waals surface area contributed by atoms with Gasteiger partial charge in [0.1, 0.15) is 11.9 Å². The predicted octanol–water partition coefficient (Wildman–Crippen LogP) is 2.67. The molecule has 0 radical (unpaired) electrons. The highest BCUT2D eigenvalue weighted by molar-refractivity contribution is 5.22. The van der Waals surface area contributed by atoms with Crippen molar-refractivity contribution in [2.45, 2.75) is 37.5 Å². The van der Waals surface area contributed by atoms with Crippen molar-refractivity contribution < 1.29 is 9.47 Å². The van der Waals surface area contributed by atoms with E-state index in [9.17, 15) is 0 Å². The van der Waals surface area contributed by atoms with Crippen LogP contribution >= 0.6 is 0 Å². The Labute approximate surface area is 109 Å². The molecule has 0 bridgehead atoms. The molecule has 1 aliphatic heterocycles. The molecule has 2 fully saturated rings. The third-order valence-electron chi connectivity index (χ3n) is 4.20. The number of nitrogens with zero attached hydrogens (tertiary/aromatic N) is 1. The fourth-order valence-corrected chi connectivity index (χ4v) is 3.17. The van der Waals surface area contributed by atoms with Gasteiger partial charge in [0.15, 0.2) is 5.72 Å². The van der Waals surface area contributed by atoms with Gasteiger partial charge in [-0.25, -0.2) is 0 Å². The summed E-state index contributed by atoms with van der Waals surface area (Å²) >= 11 is 0. The van der Waals surface area contributed by atoms with Gasteiger partial charge in [0.2, 0.25) is 0 Å². The van der Waals surface area contributed by atoms with Gasteiger partial charge >= 0.3 is 0 Å². The molecule has 2 aliphatic rings. The maximum absolute atomic E-state index is 6.20. The molecule has 0 amide bonds. The van der Waals surface area contributed by atoms with E-state index in [1.807, 2.05) is 30.3 Å². The molecule has 1 heterocycles. The van der Waals surface area contributed by atoms with E-state index in [2.05, 4.69) is 11.9 Å². The summed E-state index contributed by atoms with van der Waals surface area (Å²) in [7, 11) is 2.15. The molecule has 2 atom stereocenters. The van der Waals surface area contributed by atoms with E-state index in [0.29, 0.717) is 0 Å². The molecular formula is C15H21NO2. The first kappa shape index (κ1) is 12.0. The van der Waals surface area contributed by atoms with Crippen molar-refractivity contribution in [3.63, 3.8) is 0 Å². The van der Waals surface area contributed by atoms with Gasteiger partial charge in [0.05, 0.1) is 6.61 Å². The average molecular weight is 247 g/mol. The zero-order valence-corrected chi connectivity index (χ0v) is 11.0. The maximum atomic E-state index is 6.20. The highest BCUT2D eigenvalue weighted by Gasteiger charge is 2.49. The molecule has 98 valence electrons. The van der Waals surface area contributed by atoms with Crippen molar-refractivity contribution in [1.29, 1.82) is 0 Å². The van der Waals surface area contributed by atoms with Gasteiger partial charge in [-0.2, -0.15) is 0 Å². The topological polar surface area (TPSA) is 21.7 Å². The molecule has 1 spiro atoms. The molecule has 1 saturated heterocycles. The fraction of sp³-hybridized carbons (Fsp3) is 0.600. The molecule has 18 heavy (non-hydrogen) atoms. The SMILES string of the molecule is CN1CCOC12CCCCC2Oc1ccccc1. The molecule has 0 aromatic heterocycles. The molecule has 1 aliphatic carbocycles.